The van der Waals surface area contributed by atoms with Gasteiger partial charge in [0.25, 0.3) is 0 Å². The van der Waals surface area contributed by atoms with Gasteiger partial charge in [-0.15, -0.1) is 0 Å². The third-order valence-electron chi connectivity index (χ3n) is 2.91. The summed E-state index contributed by atoms with van der Waals surface area (Å²) < 4.78 is 14.8. The molecule has 3 nitrogen and oxygen atoms in total. The van der Waals surface area contributed by atoms with Crippen molar-refractivity contribution in [3.63, 3.8) is 0 Å². The van der Waals surface area contributed by atoms with Crippen molar-refractivity contribution in [2.75, 3.05) is 5.32 Å². The minimum atomic E-state index is -0.329. The van der Waals surface area contributed by atoms with Crippen molar-refractivity contribution in [2.45, 2.75) is 19.9 Å². The second kappa shape index (κ2) is 4.98. The number of anilines is 1. The maximum atomic E-state index is 13.0. The number of rotatable bonds is 3. The van der Waals surface area contributed by atoms with Gasteiger partial charge in [0.15, 0.2) is 0 Å². The van der Waals surface area contributed by atoms with E-state index in [-0.39, 0.29) is 11.9 Å². The second-order valence-electron chi connectivity index (χ2n) is 4.33. The number of halogens is 2. The Morgan fingerprint density at radius 1 is 1.39 bits per heavy atom. The third-order valence-corrected chi connectivity index (χ3v) is 3.23. The molecule has 1 heterocycles. The van der Waals surface area contributed by atoms with Gasteiger partial charge in [-0.25, -0.2) is 4.39 Å². The lowest BCUT2D eigenvalue weighted by Gasteiger charge is -2.15. The predicted molar refractivity (Wildman–Crippen MR) is 71.4 cm³/mol. The molecule has 0 amide bonds. The average molecular weight is 268 g/mol. The fourth-order valence-electron chi connectivity index (χ4n) is 1.78. The van der Waals surface area contributed by atoms with Crippen LogP contribution >= 0.6 is 11.6 Å². The summed E-state index contributed by atoms with van der Waals surface area (Å²) in [5.41, 5.74) is 1.91. The first-order chi connectivity index (χ1) is 8.47. The van der Waals surface area contributed by atoms with Gasteiger partial charge in [-0.1, -0.05) is 17.7 Å². The molecule has 0 spiro atoms. The van der Waals surface area contributed by atoms with Crippen molar-refractivity contribution in [3.8, 4) is 0 Å². The summed E-state index contributed by atoms with van der Waals surface area (Å²) in [7, 11) is 1.88. The van der Waals surface area contributed by atoms with Crippen LogP contribution in [-0.4, -0.2) is 9.78 Å². The monoisotopic (exact) mass is 267 g/mol. The number of hydrogen-bond acceptors (Lipinski definition) is 2. The number of aromatic nitrogens is 2. The van der Waals surface area contributed by atoms with Crippen LogP contribution in [0.2, 0.25) is 5.02 Å². The predicted octanol–water partition coefficient (Wildman–Crippen LogP) is 3.69. The molecule has 96 valence electrons. The Morgan fingerprint density at radius 3 is 2.67 bits per heavy atom. The molecule has 2 rings (SSSR count). The van der Waals surface area contributed by atoms with E-state index < -0.39 is 0 Å². The van der Waals surface area contributed by atoms with Gasteiger partial charge in [-0.3, -0.25) is 4.68 Å². The van der Waals surface area contributed by atoms with Crippen molar-refractivity contribution in [1.82, 2.24) is 9.78 Å². The number of nitrogens with zero attached hydrogens (tertiary/aromatic N) is 2. The SMILES string of the molecule is Cc1cc(NC(C)c2ccc(F)cc2Cl)nn1C. The van der Waals surface area contributed by atoms with Crippen molar-refractivity contribution in [1.29, 1.82) is 0 Å². The third kappa shape index (κ3) is 2.64. The smallest absolute Gasteiger partial charge is 0.148 e. The van der Waals surface area contributed by atoms with E-state index in [4.69, 9.17) is 11.6 Å². The van der Waals surface area contributed by atoms with Gasteiger partial charge < -0.3 is 5.32 Å². The molecule has 0 aliphatic heterocycles. The van der Waals surface area contributed by atoms with Gasteiger partial charge in [-0.2, -0.15) is 5.10 Å². The molecule has 0 saturated heterocycles. The van der Waals surface area contributed by atoms with Crippen LogP contribution in [-0.2, 0) is 7.05 Å². The van der Waals surface area contributed by atoms with Crippen molar-refractivity contribution < 1.29 is 4.39 Å². The molecule has 0 radical (unpaired) electrons. The summed E-state index contributed by atoms with van der Waals surface area (Å²) in [6, 6.07) is 6.33. The summed E-state index contributed by atoms with van der Waals surface area (Å²) in [5, 5.41) is 7.97. The Hall–Kier alpha value is -1.55. The molecule has 2 aromatic rings. The van der Waals surface area contributed by atoms with Gasteiger partial charge in [0.2, 0.25) is 0 Å². The highest BCUT2D eigenvalue weighted by Gasteiger charge is 2.12. The highest BCUT2D eigenvalue weighted by atomic mass is 35.5. The minimum Gasteiger partial charge on any atom is -0.362 e. The number of nitrogens with one attached hydrogen (secondary N) is 1. The number of benzene rings is 1. The average Bonchev–Trinajstić information content (AvgIpc) is 2.57. The van der Waals surface area contributed by atoms with Gasteiger partial charge in [0.1, 0.15) is 11.6 Å². The first-order valence-corrected chi connectivity index (χ1v) is 6.07. The number of aryl methyl sites for hydroxylation is 2. The largest absolute Gasteiger partial charge is 0.362 e. The maximum absolute atomic E-state index is 13.0. The molecule has 1 aromatic carbocycles. The molecule has 0 aliphatic carbocycles. The Balaban J connectivity index is 2.19. The van der Waals surface area contributed by atoms with E-state index in [1.54, 1.807) is 10.7 Å². The molecule has 0 saturated carbocycles. The highest BCUT2D eigenvalue weighted by Crippen LogP contribution is 2.26. The Kier molecular flexibility index (Phi) is 3.57. The van der Waals surface area contributed by atoms with Crippen LogP contribution in [0.3, 0.4) is 0 Å². The molecule has 1 aromatic heterocycles. The molecule has 1 unspecified atom stereocenters. The molecule has 1 atom stereocenters. The quantitative estimate of drug-likeness (QED) is 0.919. The van der Waals surface area contributed by atoms with Gasteiger partial charge in [0.05, 0.1) is 6.04 Å². The van der Waals surface area contributed by atoms with E-state index in [0.29, 0.717) is 5.02 Å². The molecule has 18 heavy (non-hydrogen) atoms. The van der Waals surface area contributed by atoms with Crippen molar-refractivity contribution >= 4 is 17.4 Å². The van der Waals surface area contributed by atoms with E-state index in [2.05, 4.69) is 10.4 Å². The fraction of sp³-hybridized carbons (Fsp3) is 0.308. The van der Waals surface area contributed by atoms with Crippen LogP contribution in [0.4, 0.5) is 10.2 Å². The van der Waals surface area contributed by atoms with E-state index in [1.807, 2.05) is 27.0 Å². The van der Waals surface area contributed by atoms with Crippen LogP contribution < -0.4 is 5.32 Å². The highest BCUT2D eigenvalue weighted by molar-refractivity contribution is 6.31. The summed E-state index contributed by atoms with van der Waals surface area (Å²) in [6.07, 6.45) is 0. The summed E-state index contributed by atoms with van der Waals surface area (Å²) in [4.78, 5) is 0. The van der Waals surface area contributed by atoms with Crippen LogP contribution in [0, 0.1) is 12.7 Å². The van der Waals surface area contributed by atoms with Crippen LogP contribution in [0.1, 0.15) is 24.2 Å². The Bertz CT molecular complexity index is 546. The topological polar surface area (TPSA) is 29.9 Å². The van der Waals surface area contributed by atoms with Gasteiger partial charge in [0, 0.05) is 23.8 Å². The zero-order valence-electron chi connectivity index (χ0n) is 10.5. The lowest BCUT2D eigenvalue weighted by molar-refractivity contribution is 0.626. The first-order valence-electron chi connectivity index (χ1n) is 5.69. The van der Waals surface area contributed by atoms with E-state index >= 15 is 0 Å². The van der Waals surface area contributed by atoms with Crippen molar-refractivity contribution in [2.24, 2.45) is 7.05 Å². The summed E-state index contributed by atoms with van der Waals surface area (Å²) >= 11 is 6.02. The van der Waals surface area contributed by atoms with Crippen LogP contribution in [0.25, 0.3) is 0 Å². The Morgan fingerprint density at radius 2 is 2.11 bits per heavy atom. The number of hydrogen-bond donors (Lipinski definition) is 1. The molecular weight excluding hydrogens is 253 g/mol. The summed E-state index contributed by atoms with van der Waals surface area (Å²) in [6.45, 7) is 3.94. The van der Waals surface area contributed by atoms with E-state index in [0.717, 1.165) is 17.1 Å². The first kappa shape index (κ1) is 12.9. The van der Waals surface area contributed by atoms with E-state index in [1.165, 1.54) is 12.1 Å². The lowest BCUT2D eigenvalue weighted by atomic mass is 10.1. The molecule has 1 N–H and O–H groups in total. The second-order valence-corrected chi connectivity index (χ2v) is 4.73. The molecule has 0 bridgehead atoms. The maximum Gasteiger partial charge on any atom is 0.148 e. The van der Waals surface area contributed by atoms with Gasteiger partial charge >= 0.3 is 0 Å². The normalized spacial score (nSPS) is 12.5. The standard InChI is InChI=1S/C13H15ClFN3/c1-8-6-13(17-18(8)3)16-9(2)11-5-4-10(15)7-12(11)14/h4-7,9H,1-3H3,(H,16,17). The zero-order chi connectivity index (χ0) is 13.3. The lowest BCUT2D eigenvalue weighted by Crippen LogP contribution is -2.08. The molecular formula is C13H15ClFN3. The van der Waals surface area contributed by atoms with Crippen molar-refractivity contribution in [3.05, 3.63) is 46.4 Å². The zero-order valence-corrected chi connectivity index (χ0v) is 11.3. The molecule has 0 fully saturated rings. The van der Waals surface area contributed by atoms with Gasteiger partial charge in [-0.05, 0) is 31.5 Å². The Labute approximate surface area is 111 Å². The van der Waals surface area contributed by atoms with E-state index in [9.17, 15) is 4.39 Å². The fourth-order valence-corrected chi connectivity index (χ4v) is 2.11. The summed E-state index contributed by atoms with van der Waals surface area (Å²) in [5.74, 6) is 0.451. The molecule has 0 aliphatic rings. The van der Waals surface area contributed by atoms with Crippen LogP contribution in [0.15, 0.2) is 24.3 Å². The minimum absolute atomic E-state index is 0.0348. The molecule has 5 heteroatoms. The van der Waals surface area contributed by atoms with Crippen LogP contribution in [0.5, 0.6) is 0 Å².